The zero-order valence-electron chi connectivity index (χ0n) is 9.52. The summed E-state index contributed by atoms with van der Waals surface area (Å²) in [6.07, 6.45) is 0. The lowest BCUT2D eigenvalue weighted by Gasteiger charge is -1.98. The number of aromatic nitrogens is 2. The van der Waals surface area contributed by atoms with Crippen molar-refractivity contribution in [1.82, 2.24) is 9.61 Å². The standard InChI is InChI=1S/C12H11N3OS/c1-6-4-3-5-8-9-10(13)11(7(2)16)17-12(9)14-15(6)8/h3-5H,13H2,1-2H3. The molecule has 3 aromatic rings. The summed E-state index contributed by atoms with van der Waals surface area (Å²) in [5, 5.41) is 5.37. The van der Waals surface area contributed by atoms with Crippen LogP contribution in [0.2, 0.25) is 0 Å². The summed E-state index contributed by atoms with van der Waals surface area (Å²) in [5.74, 6) is -0.00342. The van der Waals surface area contributed by atoms with Crippen LogP contribution in [0.3, 0.4) is 0 Å². The second kappa shape index (κ2) is 3.30. The van der Waals surface area contributed by atoms with Crippen LogP contribution in [-0.4, -0.2) is 15.4 Å². The molecule has 0 amide bonds. The zero-order valence-corrected chi connectivity index (χ0v) is 10.3. The van der Waals surface area contributed by atoms with Gasteiger partial charge >= 0.3 is 0 Å². The maximum Gasteiger partial charge on any atom is 0.171 e. The van der Waals surface area contributed by atoms with Crippen LogP contribution in [0, 0.1) is 6.92 Å². The van der Waals surface area contributed by atoms with Gasteiger partial charge in [-0.2, -0.15) is 5.10 Å². The summed E-state index contributed by atoms with van der Waals surface area (Å²) in [5.41, 5.74) is 8.60. The molecule has 0 saturated carbocycles. The second-order valence-electron chi connectivity index (χ2n) is 4.05. The van der Waals surface area contributed by atoms with E-state index in [1.165, 1.54) is 18.3 Å². The Morgan fingerprint density at radius 1 is 1.47 bits per heavy atom. The minimum Gasteiger partial charge on any atom is -0.397 e. The number of anilines is 1. The van der Waals surface area contributed by atoms with Crippen LogP contribution in [0.1, 0.15) is 22.3 Å². The number of carbonyl (C=O) groups excluding carboxylic acids is 1. The first-order valence-corrected chi connectivity index (χ1v) is 6.08. The van der Waals surface area contributed by atoms with E-state index in [9.17, 15) is 4.79 Å². The smallest absolute Gasteiger partial charge is 0.171 e. The second-order valence-corrected chi connectivity index (χ2v) is 5.04. The van der Waals surface area contributed by atoms with Crippen LogP contribution in [0.5, 0.6) is 0 Å². The molecule has 0 radical (unpaired) electrons. The fourth-order valence-corrected chi connectivity index (χ4v) is 3.02. The molecule has 0 aliphatic carbocycles. The van der Waals surface area contributed by atoms with Crippen LogP contribution in [-0.2, 0) is 0 Å². The summed E-state index contributed by atoms with van der Waals surface area (Å²) in [7, 11) is 0. The predicted octanol–water partition coefficient (Wildman–Crippen LogP) is 2.64. The van der Waals surface area contributed by atoms with Crippen molar-refractivity contribution in [1.29, 1.82) is 0 Å². The minimum atomic E-state index is -0.00342. The molecule has 86 valence electrons. The number of hydrogen-bond donors (Lipinski definition) is 1. The van der Waals surface area contributed by atoms with Crippen LogP contribution in [0.15, 0.2) is 18.2 Å². The van der Waals surface area contributed by atoms with Crippen LogP contribution < -0.4 is 5.73 Å². The number of hydrogen-bond acceptors (Lipinski definition) is 4. The number of carbonyl (C=O) groups is 1. The Morgan fingerprint density at radius 3 is 2.94 bits per heavy atom. The van der Waals surface area contributed by atoms with Crippen molar-refractivity contribution >= 4 is 38.5 Å². The molecule has 17 heavy (non-hydrogen) atoms. The van der Waals surface area contributed by atoms with Gasteiger partial charge in [-0.3, -0.25) is 4.79 Å². The average Bonchev–Trinajstić information content (AvgIpc) is 2.78. The van der Waals surface area contributed by atoms with Crippen LogP contribution in [0.25, 0.3) is 15.7 Å². The molecule has 0 spiro atoms. The third-order valence-electron chi connectivity index (χ3n) is 2.85. The van der Waals surface area contributed by atoms with E-state index in [0.717, 1.165) is 21.4 Å². The number of rotatable bonds is 1. The molecule has 0 unspecified atom stereocenters. The van der Waals surface area contributed by atoms with Crippen molar-refractivity contribution in [2.45, 2.75) is 13.8 Å². The number of Topliss-reactive ketones (excluding diaryl/α,β-unsaturated/α-hetero) is 1. The van der Waals surface area contributed by atoms with Gasteiger partial charge in [0.15, 0.2) is 5.78 Å². The topological polar surface area (TPSA) is 60.4 Å². The molecule has 0 bridgehead atoms. The normalized spacial score (nSPS) is 11.4. The van der Waals surface area contributed by atoms with Crippen LogP contribution in [0.4, 0.5) is 5.69 Å². The van der Waals surface area contributed by atoms with E-state index in [1.54, 1.807) is 0 Å². The number of pyridine rings is 1. The molecule has 3 aromatic heterocycles. The van der Waals surface area contributed by atoms with Gasteiger partial charge in [0, 0.05) is 12.6 Å². The monoisotopic (exact) mass is 245 g/mol. The number of thiophene rings is 1. The average molecular weight is 245 g/mol. The highest BCUT2D eigenvalue weighted by atomic mass is 32.1. The summed E-state index contributed by atoms with van der Waals surface area (Å²) in [6, 6.07) is 5.93. The van der Waals surface area contributed by atoms with E-state index in [0.29, 0.717) is 10.6 Å². The van der Waals surface area contributed by atoms with E-state index in [1.807, 2.05) is 29.6 Å². The Kier molecular flexibility index (Phi) is 2.00. The quantitative estimate of drug-likeness (QED) is 0.670. The fraction of sp³-hybridized carbons (Fsp3) is 0.167. The van der Waals surface area contributed by atoms with Crippen molar-refractivity contribution in [3.63, 3.8) is 0 Å². The SMILES string of the molecule is CC(=O)c1sc2nn3c(C)cccc3c2c1N. The lowest BCUT2D eigenvalue weighted by Crippen LogP contribution is -1.95. The van der Waals surface area contributed by atoms with E-state index in [4.69, 9.17) is 5.73 Å². The molecular weight excluding hydrogens is 234 g/mol. The molecule has 0 saturated heterocycles. The van der Waals surface area contributed by atoms with Gasteiger partial charge in [-0.25, -0.2) is 4.52 Å². The molecule has 2 N–H and O–H groups in total. The third kappa shape index (κ3) is 1.29. The number of aryl methyl sites for hydroxylation is 1. The molecular formula is C12H11N3OS. The first-order valence-electron chi connectivity index (χ1n) is 5.27. The number of ketones is 1. The largest absolute Gasteiger partial charge is 0.397 e. The summed E-state index contributed by atoms with van der Waals surface area (Å²) in [4.78, 5) is 12.9. The van der Waals surface area contributed by atoms with Crippen molar-refractivity contribution in [2.24, 2.45) is 0 Å². The van der Waals surface area contributed by atoms with E-state index in [2.05, 4.69) is 5.10 Å². The van der Waals surface area contributed by atoms with E-state index in [-0.39, 0.29) is 5.78 Å². The minimum absolute atomic E-state index is 0.00342. The van der Waals surface area contributed by atoms with Gasteiger partial charge in [0.2, 0.25) is 0 Å². The number of nitrogens with two attached hydrogens (primary N) is 1. The van der Waals surface area contributed by atoms with E-state index < -0.39 is 0 Å². The molecule has 0 aromatic carbocycles. The van der Waals surface area contributed by atoms with Crippen molar-refractivity contribution < 1.29 is 4.79 Å². The maximum atomic E-state index is 11.4. The summed E-state index contributed by atoms with van der Waals surface area (Å²) < 4.78 is 1.86. The van der Waals surface area contributed by atoms with E-state index >= 15 is 0 Å². The Bertz CT molecular complexity index is 754. The van der Waals surface area contributed by atoms with Gasteiger partial charge in [-0.15, -0.1) is 11.3 Å². The highest BCUT2D eigenvalue weighted by Gasteiger charge is 2.18. The third-order valence-corrected chi connectivity index (χ3v) is 4.04. The first kappa shape index (κ1) is 10.3. The molecule has 0 atom stereocenters. The summed E-state index contributed by atoms with van der Waals surface area (Å²) >= 11 is 1.36. The van der Waals surface area contributed by atoms with Gasteiger partial charge < -0.3 is 5.73 Å². The predicted molar refractivity (Wildman–Crippen MR) is 69.7 cm³/mol. The van der Waals surface area contributed by atoms with Gasteiger partial charge in [0.1, 0.15) is 4.83 Å². The Hall–Kier alpha value is -1.88. The fourth-order valence-electron chi connectivity index (χ4n) is 2.03. The molecule has 3 rings (SSSR count). The molecule has 5 heteroatoms. The summed E-state index contributed by atoms with van der Waals surface area (Å²) in [6.45, 7) is 3.52. The zero-order chi connectivity index (χ0) is 12.2. The van der Waals surface area contributed by atoms with Gasteiger partial charge in [-0.1, -0.05) is 6.07 Å². The number of nitrogens with zero attached hydrogens (tertiary/aromatic N) is 2. The van der Waals surface area contributed by atoms with Gasteiger partial charge in [0.25, 0.3) is 0 Å². The van der Waals surface area contributed by atoms with Gasteiger partial charge in [0.05, 0.1) is 21.5 Å². The Balaban J connectivity index is 2.50. The van der Waals surface area contributed by atoms with Crippen molar-refractivity contribution in [2.75, 3.05) is 5.73 Å². The lowest BCUT2D eigenvalue weighted by molar-refractivity contribution is 0.102. The lowest BCUT2D eigenvalue weighted by atomic mass is 10.2. The van der Waals surface area contributed by atoms with Crippen molar-refractivity contribution in [3.05, 3.63) is 28.8 Å². The molecule has 0 aliphatic heterocycles. The highest BCUT2D eigenvalue weighted by Crippen LogP contribution is 2.36. The maximum absolute atomic E-state index is 11.4. The molecule has 0 fully saturated rings. The van der Waals surface area contributed by atoms with Crippen LogP contribution >= 0.6 is 11.3 Å². The van der Waals surface area contributed by atoms with Crippen molar-refractivity contribution in [3.8, 4) is 0 Å². The Morgan fingerprint density at radius 2 is 2.24 bits per heavy atom. The number of nitrogen functional groups attached to an aromatic ring is 1. The molecule has 4 nitrogen and oxygen atoms in total. The van der Waals surface area contributed by atoms with Gasteiger partial charge in [-0.05, 0) is 19.1 Å². The first-order chi connectivity index (χ1) is 8.09. The Labute approximate surface area is 102 Å². The highest BCUT2D eigenvalue weighted by molar-refractivity contribution is 7.21. The number of fused-ring (bicyclic) bond motifs is 3. The molecule has 3 heterocycles. The molecule has 0 aliphatic rings.